The number of para-hydroxylation sites is 1. The van der Waals surface area contributed by atoms with Gasteiger partial charge in [0.25, 0.3) is 0 Å². The van der Waals surface area contributed by atoms with E-state index in [9.17, 15) is 9.59 Å². The molecule has 2 aliphatic rings. The van der Waals surface area contributed by atoms with Crippen molar-refractivity contribution in [2.24, 2.45) is 5.41 Å². The van der Waals surface area contributed by atoms with Crippen LogP contribution in [0, 0.1) is 5.41 Å². The molecule has 0 bridgehead atoms. The lowest BCUT2D eigenvalue weighted by molar-refractivity contribution is -0.139. The summed E-state index contributed by atoms with van der Waals surface area (Å²) in [5, 5.41) is 3.27. The van der Waals surface area contributed by atoms with Crippen LogP contribution in [0.3, 0.4) is 0 Å². The lowest BCUT2D eigenvalue weighted by Gasteiger charge is -2.38. The van der Waals surface area contributed by atoms with Gasteiger partial charge in [0, 0.05) is 37.6 Å². The smallest absolute Gasteiger partial charge is 0.229 e. The molecule has 3 heterocycles. The van der Waals surface area contributed by atoms with Gasteiger partial charge in [-0.05, 0) is 62.0 Å². The summed E-state index contributed by atoms with van der Waals surface area (Å²) in [4.78, 5) is 35.1. The van der Waals surface area contributed by atoms with Gasteiger partial charge in [-0.1, -0.05) is 54.6 Å². The summed E-state index contributed by atoms with van der Waals surface area (Å²) in [7, 11) is 1.63. The highest BCUT2D eigenvalue weighted by Crippen LogP contribution is 2.42. The molecule has 1 N–H and O–H groups in total. The van der Waals surface area contributed by atoms with E-state index < -0.39 is 0 Å². The maximum absolute atomic E-state index is 13.4. The number of piperidine rings is 1. The Morgan fingerprint density at radius 2 is 1.68 bits per heavy atom. The zero-order valence-electron chi connectivity index (χ0n) is 23.5. The normalized spacial score (nSPS) is 16.9. The molecule has 1 unspecified atom stereocenters. The van der Waals surface area contributed by atoms with Gasteiger partial charge in [-0.3, -0.25) is 14.6 Å². The van der Waals surface area contributed by atoms with Crippen molar-refractivity contribution in [2.75, 3.05) is 33.3 Å². The number of likely N-dealkylation sites (tertiary alicyclic amines) is 2. The molecule has 7 nitrogen and oxygen atoms in total. The molecule has 3 aromatic rings. The predicted molar refractivity (Wildman–Crippen MR) is 166 cm³/mol. The van der Waals surface area contributed by atoms with Gasteiger partial charge in [-0.2, -0.15) is 0 Å². The number of hydrogen-bond donors (Lipinski definition) is 1. The number of amides is 2. The van der Waals surface area contributed by atoms with E-state index in [0.717, 1.165) is 74.3 Å². The molecule has 220 valence electrons. The first-order valence-corrected chi connectivity index (χ1v) is 13.9. The highest BCUT2D eigenvalue weighted by atomic mass is 35.5. The molecule has 2 aliphatic heterocycles. The fourth-order valence-corrected chi connectivity index (χ4v) is 6.01. The van der Waals surface area contributed by atoms with Crippen LogP contribution in [0.4, 0.5) is 0 Å². The molecule has 0 aliphatic carbocycles. The number of nitrogens with zero attached hydrogens (tertiary/aromatic N) is 3. The molecule has 41 heavy (non-hydrogen) atoms. The molecule has 9 heteroatoms. The Hall–Kier alpha value is -3.13. The summed E-state index contributed by atoms with van der Waals surface area (Å²) < 4.78 is 5.43. The first-order valence-electron chi connectivity index (χ1n) is 13.9. The number of pyridine rings is 1. The molecule has 5 rings (SSSR count). The summed E-state index contributed by atoms with van der Waals surface area (Å²) in [5.74, 6) is 1.01. The average molecular weight is 600 g/mol. The van der Waals surface area contributed by atoms with Crippen LogP contribution in [0.25, 0.3) is 0 Å². The Morgan fingerprint density at radius 3 is 2.39 bits per heavy atom. The number of carbonyl (C=O) groups excluding carboxylic acids is 2. The molecule has 0 radical (unpaired) electrons. The van der Waals surface area contributed by atoms with Crippen molar-refractivity contribution in [3.63, 3.8) is 0 Å². The average Bonchev–Trinajstić information content (AvgIpc) is 3.27. The highest BCUT2D eigenvalue weighted by Gasteiger charge is 2.47. The van der Waals surface area contributed by atoms with Crippen LogP contribution in [0.1, 0.15) is 48.4 Å². The number of halogens is 2. The van der Waals surface area contributed by atoms with Crippen molar-refractivity contribution >= 4 is 36.6 Å². The number of aromatic nitrogens is 1. The van der Waals surface area contributed by atoms with Crippen LogP contribution < -0.4 is 10.1 Å². The van der Waals surface area contributed by atoms with Crippen LogP contribution in [0.2, 0.25) is 0 Å². The second-order valence-corrected chi connectivity index (χ2v) is 10.8. The fraction of sp³-hybridized carbons (Fsp3) is 0.406. The van der Waals surface area contributed by atoms with Crippen LogP contribution in [-0.4, -0.2) is 59.9 Å². The van der Waals surface area contributed by atoms with Crippen LogP contribution in [0.5, 0.6) is 5.75 Å². The topological polar surface area (TPSA) is 74.8 Å². The van der Waals surface area contributed by atoms with E-state index in [-0.39, 0.29) is 48.6 Å². The van der Waals surface area contributed by atoms with Gasteiger partial charge in [-0.15, -0.1) is 24.8 Å². The van der Waals surface area contributed by atoms with Gasteiger partial charge in [0.05, 0.1) is 25.0 Å². The first-order chi connectivity index (χ1) is 19.1. The Bertz CT molecular complexity index is 1250. The largest absolute Gasteiger partial charge is 0.496 e. The van der Waals surface area contributed by atoms with Gasteiger partial charge in [-0.25, -0.2) is 0 Å². The molecular formula is C32H40Cl2N4O3. The minimum Gasteiger partial charge on any atom is -0.496 e. The van der Waals surface area contributed by atoms with Gasteiger partial charge < -0.3 is 19.9 Å². The van der Waals surface area contributed by atoms with E-state index >= 15 is 0 Å². The summed E-state index contributed by atoms with van der Waals surface area (Å²) in [6.07, 6.45) is 7.43. The maximum atomic E-state index is 13.4. The Labute approximate surface area is 255 Å². The third-order valence-corrected chi connectivity index (χ3v) is 8.33. The zero-order valence-corrected chi connectivity index (χ0v) is 25.2. The molecule has 1 atom stereocenters. The summed E-state index contributed by atoms with van der Waals surface area (Å²) in [5.41, 5.74) is 2.85. The number of carbonyl (C=O) groups is 2. The number of hydrogen-bond acceptors (Lipinski definition) is 5. The quantitative estimate of drug-likeness (QED) is 0.345. The Kier molecular flexibility index (Phi) is 12.0. The number of nitrogens with one attached hydrogen (secondary N) is 1. The highest BCUT2D eigenvalue weighted by molar-refractivity contribution is 5.86. The van der Waals surface area contributed by atoms with E-state index in [4.69, 9.17) is 4.74 Å². The lowest BCUT2D eigenvalue weighted by atomic mass is 9.77. The molecule has 1 spiro atoms. The summed E-state index contributed by atoms with van der Waals surface area (Å²) >= 11 is 0. The van der Waals surface area contributed by atoms with Crippen molar-refractivity contribution < 1.29 is 14.3 Å². The maximum Gasteiger partial charge on any atom is 0.229 e. The van der Waals surface area contributed by atoms with E-state index in [0.29, 0.717) is 12.5 Å². The predicted octanol–water partition coefficient (Wildman–Crippen LogP) is 5.24. The van der Waals surface area contributed by atoms with Crippen molar-refractivity contribution in [1.82, 2.24) is 20.1 Å². The van der Waals surface area contributed by atoms with Crippen LogP contribution in [0.15, 0.2) is 79.1 Å². The molecule has 2 amide bonds. The van der Waals surface area contributed by atoms with E-state index in [1.165, 1.54) is 0 Å². The second-order valence-electron chi connectivity index (χ2n) is 10.8. The van der Waals surface area contributed by atoms with Crippen molar-refractivity contribution in [2.45, 2.75) is 44.7 Å². The van der Waals surface area contributed by atoms with Crippen LogP contribution in [-0.2, 0) is 22.6 Å². The number of benzene rings is 2. The number of methoxy groups -OCH3 is 1. The second kappa shape index (κ2) is 15.2. The third-order valence-electron chi connectivity index (χ3n) is 8.33. The van der Waals surface area contributed by atoms with Crippen molar-refractivity contribution in [3.8, 4) is 5.75 Å². The molecule has 2 fully saturated rings. The van der Waals surface area contributed by atoms with Crippen molar-refractivity contribution in [1.29, 1.82) is 0 Å². The van der Waals surface area contributed by atoms with Gasteiger partial charge in [0.15, 0.2) is 0 Å². The van der Waals surface area contributed by atoms with Gasteiger partial charge in [0.1, 0.15) is 5.75 Å². The summed E-state index contributed by atoms with van der Waals surface area (Å²) in [6.45, 7) is 4.15. The summed E-state index contributed by atoms with van der Waals surface area (Å²) in [6, 6.07) is 21.7. The molecule has 0 saturated carbocycles. The van der Waals surface area contributed by atoms with Crippen LogP contribution >= 0.6 is 24.8 Å². The minimum atomic E-state index is -0.222. The number of rotatable bonds is 10. The zero-order chi connectivity index (χ0) is 27.1. The molecule has 1 aromatic heterocycles. The standard InChI is InChI=1S/C32H38N4O3.2ClH/c1-39-29-12-6-5-11-27(29)22-30(37)34-28(26-9-3-2-4-10-26)13-18-35-19-14-32(15-20-35)16-21-36(31(32)38)24-25-8-7-17-33-23-25;;/h2-12,17,23,28H,13-16,18-22,24H2,1H3,(H,34,37);2*1H. The first kappa shape index (κ1) is 32.4. The Balaban J connectivity index is 0.00000231. The monoisotopic (exact) mass is 598 g/mol. The number of ether oxygens (including phenoxy) is 1. The Morgan fingerprint density at radius 1 is 0.976 bits per heavy atom. The van der Waals surface area contributed by atoms with E-state index in [2.05, 4.69) is 27.3 Å². The fourth-order valence-electron chi connectivity index (χ4n) is 6.01. The minimum absolute atomic E-state index is 0. The SMILES string of the molecule is COc1ccccc1CC(=O)NC(CCN1CCC2(CC1)CCN(Cc1cccnc1)C2=O)c1ccccc1.Cl.Cl. The van der Waals surface area contributed by atoms with Gasteiger partial charge in [0.2, 0.25) is 11.8 Å². The molecule has 2 saturated heterocycles. The van der Waals surface area contributed by atoms with Gasteiger partial charge >= 0.3 is 0 Å². The molecule has 2 aromatic carbocycles. The van der Waals surface area contributed by atoms with E-state index in [1.807, 2.05) is 65.7 Å². The third kappa shape index (κ3) is 8.00. The molecular weight excluding hydrogens is 559 g/mol. The lowest BCUT2D eigenvalue weighted by Crippen LogP contribution is -2.45. The van der Waals surface area contributed by atoms with Crippen molar-refractivity contribution in [3.05, 3.63) is 95.8 Å². The van der Waals surface area contributed by atoms with E-state index in [1.54, 1.807) is 13.3 Å².